The number of hydrogen-bond donors (Lipinski definition) is 1. The molecule has 0 bridgehead atoms. The molecule has 0 saturated carbocycles. The van der Waals surface area contributed by atoms with Crippen molar-refractivity contribution in [2.75, 3.05) is 0 Å². The molecule has 112 valence electrons. The third-order valence-electron chi connectivity index (χ3n) is 3.07. The number of para-hydroxylation sites is 2. The fourth-order valence-corrected chi connectivity index (χ4v) is 2.95. The summed E-state index contributed by atoms with van der Waals surface area (Å²) in [7, 11) is -3.71. The zero-order valence-corrected chi connectivity index (χ0v) is 12.2. The Labute approximate surface area is 126 Å². The molecule has 5 nitrogen and oxygen atoms in total. The Morgan fingerprint density at radius 3 is 2.41 bits per heavy atom. The average Bonchev–Trinajstić information content (AvgIpc) is 2.53. The van der Waals surface area contributed by atoms with Crippen LogP contribution in [0.4, 0.5) is 4.39 Å². The van der Waals surface area contributed by atoms with Gasteiger partial charge >= 0.3 is 0 Å². The van der Waals surface area contributed by atoms with E-state index >= 15 is 0 Å². The van der Waals surface area contributed by atoms with Crippen LogP contribution in [-0.4, -0.2) is 18.4 Å². The molecule has 2 aromatic carbocycles. The molecule has 0 amide bonds. The minimum absolute atomic E-state index is 0.00245. The van der Waals surface area contributed by atoms with Gasteiger partial charge < -0.3 is 0 Å². The molecule has 1 heterocycles. The Bertz CT molecular complexity index is 911. The van der Waals surface area contributed by atoms with E-state index in [4.69, 9.17) is 0 Å². The monoisotopic (exact) mass is 317 g/mol. The predicted molar refractivity (Wildman–Crippen MR) is 80.0 cm³/mol. The maximum absolute atomic E-state index is 12.8. The van der Waals surface area contributed by atoms with Crippen LogP contribution < -0.4 is 4.72 Å². The summed E-state index contributed by atoms with van der Waals surface area (Å²) >= 11 is 0. The van der Waals surface area contributed by atoms with Crippen LogP contribution in [0.25, 0.3) is 11.0 Å². The molecule has 22 heavy (non-hydrogen) atoms. The van der Waals surface area contributed by atoms with Gasteiger partial charge in [0.25, 0.3) is 0 Å². The Morgan fingerprint density at radius 1 is 1.00 bits per heavy atom. The first-order valence-corrected chi connectivity index (χ1v) is 7.99. The smallest absolute Gasteiger partial charge is 0.240 e. The van der Waals surface area contributed by atoms with Crippen molar-refractivity contribution in [1.82, 2.24) is 14.7 Å². The largest absolute Gasteiger partial charge is 0.253 e. The fourth-order valence-electron chi connectivity index (χ4n) is 1.95. The summed E-state index contributed by atoms with van der Waals surface area (Å²) in [6, 6.07) is 12.0. The van der Waals surface area contributed by atoms with Crippen molar-refractivity contribution < 1.29 is 12.8 Å². The van der Waals surface area contributed by atoms with Crippen molar-refractivity contribution >= 4 is 21.1 Å². The first-order chi connectivity index (χ1) is 10.5. The van der Waals surface area contributed by atoms with Crippen molar-refractivity contribution in [3.63, 3.8) is 0 Å². The Kier molecular flexibility index (Phi) is 3.82. The molecule has 3 aromatic rings. The van der Waals surface area contributed by atoms with Gasteiger partial charge in [-0.25, -0.2) is 22.5 Å². The van der Waals surface area contributed by atoms with Crippen molar-refractivity contribution in [3.8, 4) is 0 Å². The molecule has 0 unspecified atom stereocenters. The summed E-state index contributed by atoms with van der Waals surface area (Å²) in [5, 5.41) is 0. The van der Waals surface area contributed by atoms with Gasteiger partial charge in [-0.2, -0.15) is 0 Å². The van der Waals surface area contributed by atoms with E-state index in [1.165, 1.54) is 18.3 Å². The van der Waals surface area contributed by atoms with Crippen LogP contribution in [-0.2, 0) is 16.6 Å². The zero-order valence-electron chi connectivity index (χ0n) is 11.4. The van der Waals surface area contributed by atoms with Crippen molar-refractivity contribution in [1.29, 1.82) is 0 Å². The Balaban J connectivity index is 1.79. The molecule has 0 atom stereocenters. The molecule has 3 rings (SSSR count). The first kappa shape index (κ1) is 14.6. The van der Waals surface area contributed by atoms with Crippen LogP contribution >= 0.6 is 0 Å². The molecule has 7 heteroatoms. The van der Waals surface area contributed by atoms with E-state index in [9.17, 15) is 12.8 Å². The summed E-state index contributed by atoms with van der Waals surface area (Å²) in [5.41, 5.74) is 1.94. The van der Waals surface area contributed by atoms with E-state index in [-0.39, 0.29) is 11.4 Å². The zero-order chi connectivity index (χ0) is 15.6. The summed E-state index contributed by atoms with van der Waals surface area (Å²) in [4.78, 5) is 8.56. The quantitative estimate of drug-likeness (QED) is 0.801. The molecular weight excluding hydrogens is 305 g/mol. The van der Waals surface area contributed by atoms with E-state index in [0.717, 1.165) is 17.6 Å². The Morgan fingerprint density at radius 2 is 1.68 bits per heavy atom. The first-order valence-electron chi connectivity index (χ1n) is 6.50. The second-order valence-corrected chi connectivity index (χ2v) is 6.40. The number of halogens is 1. The Hall–Kier alpha value is -2.38. The minimum atomic E-state index is -3.71. The van der Waals surface area contributed by atoms with Crippen molar-refractivity contribution in [2.24, 2.45) is 0 Å². The van der Waals surface area contributed by atoms with Crippen LogP contribution in [0, 0.1) is 5.82 Å². The lowest BCUT2D eigenvalue weighted by Crippen LogP contribution is -2.23. The van der Waals surface area contributed by atoms with Crippen molar-refractivity contribution in [3.05, 3.63) is 66.2 Å². The highest BCUT2D eigenvalue weighted by molar-refractivity contribution is 7.89. The standard InChI is InChI=1S/C15H12FN3O2S/c16-11-5-7-13(8-6-11)22(20,21)18-10-12-9-17-14-3-1-2-4-15(14)19-12/h1-9,18H,10H2. The van der Waals surface area contributed by atoms with Gasteiger partial charge in [0.15, 0.2) is 0 Å². The highest BCUT2D eigenvalue weighted by Gasteiger charge is 2.14. The van der Waals surface area contributed by atoms with Gasteiger partial charge in [0.05, 0.1) is 34.4 Å². The van der Waals surface area contributed by atoms with E-state index in [0.29, 0.717) is 11.2 Å². The van der Waals surface area contributed by atoms with E-state index in [1.807, 2.05) is 18.2 Å². The topological polar surface area (TPSA) is 72.0 Å². The molecule has 0 radical (unpaired) electrons. The normalized spacial score (nSPS) is 11.7. The van der Waals surface area contributed by atoms with Gasteiger partial charge in [-0.05, 0) is 36.4 Å². The molecule has 1 N–H and O–H groups in total. The maximum Gasteiger partial charge on any atom is 0.240 e. The highest BCUT2D eigenvalue weighted by Crippen LogP contribution is 2.11. The highest BCUT2D eigenvalue weighted by atomic mass is 32.2. The third-order valence-corrected chi connectivity index (χ3v) is 4.48. The second kappa shape index (κ2) is 5.78. The number of fused-ring (bicyclic) bond motifs is 1. The van der Waals surface area contributed by atoms with Crippen LogP contribution in [0.2, 0.25) is 0 Å². The maximum atomic E-state index is 12.8. The second-order valence-electron chi connectivity index (χ2n) is 4.63. The van der Waals surface area contributed by atoms with E-state index in [1.54, 1.807) is 6.07 Å². The average molecular weight is 317 g/mol. The molecule has 0 saturated heterocycles. The number of nitrogens with one attached hydrogen (secondary N) is 1. The van der Waals surface area contributed by atoms with Crippen LogP contribution in [0.1, 0.15) is 5.69 Å². The van der Waals surface area contributed by atoms with Crippen LogP contribution in [0.5, 0.6) is 0 Å². The van der Waals surface area contributed by atoms with Crippen LogP contribution in [0.15, 0.2) is 59.6 Å². The molecular formula is C15H12FN3O2S. The number of rotatable bonds is 4. The number of sulfonamides is 1. The molecule has 1 aromatic heterocycles. The minimum Gasteiger partial charge on any atom is -0.253 e. The third kappa shape index (κ3) is 3.10. The van der Waals surface area contributed by atoms with Gasteiger partial charge in [0, 0.05) is 0 Å². The number of hydrogen-bond acceptors (Lipinski definition) is 4. The molecule has 0 aliphatic rings. The number of nitrogens with zero attached hydrogens (tertiary/aromatic N) is 2. The molecule has 0 aliphatic carbocycles. The number of aromatic nitrogens is 2. The van der Waals surface area contributed by atoms with E-state index < -0.39 is 15.8 Å². The van der Waals surface area contributed by atoms with Gasteiger partial charge in [-0.1, -0.05) is 12.1 Å². The molecule has 0 aliphatic heterocycles. The van der Waals surface area contributed by atoms with Gasteiger partial charge in [-0.3, -0.25) is 4.98 Å². The lowest BCUT2D eigenvalue weighted by Gasteiger charge is -2.07. The molecule has 0 fully saturated rings. The molecule has 0 spiro atoms. The van der Waals surface area contributed by atoms with Gasteiger partial charge in [0.1, 0.15) is 5.82 Å². The SMILES string of the molecule is O=S(=O)(NCc1cnc2ccccc2n1)c1ccc(F)cc1. The lowest BCUT2D eigenvalue weighted by molar-refractivity contribution is 0.579. The van der Waals surface area contributed by atoms with Crippen LogP contribution in [0.3, 0.4) is 0 Å². The summed E-state index contributed by atoms with van der Waals surface area (Å²) < 4.78 is 39.5. The number of benzene rings is 2. The van der Waals surface area contributed by atoms with Gasteiger partial charge in [-0.15, -0.1) is 0 Å². The van der Waals surface area contributed by atoms with Gasteiger partial charge in [0.2, 0.25) is 10.0 Å². The predicted octanol–water partition coefficient (Wildman–Crippen LogP) is 2.25. The summed E-state index contributed by atoms with van der Waals surface area (Å²) in [6.45, 7) is 0.0115. The fraction of sp³-hybridized carbons (Fsp3) is 0.0667. The summed E-state index contributed by atoms with van der Waals surface area (Å²) in [6.07, 6.45) is 1.52. The summed E-state index contributed by atoms with van der Waals surface area (Å²) in [5.74, 6) is -0.487. The van der Waals surface area contributed by atoms with E-state index in [2.05, 4.69) is 14.7 Å². The van der Waals surface area contributed by atoms with Crippen molar-refractivity contribution in [2.45, 2.75) is 11.4 Å². The lowest BCUT2D eigenvalue weighted by atomic mass is 10.3.